The Morgan fingerprint density at radius 1 is 1.24 bits per heavy atom. The van der Waals surface area contributed by atoms with Gasteiger partial charge in [-0.25, -0.2) is 0 Å². The quantitative estimate of drug-likeness (QED) is 0.868. The van der Waals surface area contributed by atoms with E-state index in [1.54, 1.807) is 0 Å². The number of hydrogen-bond donors (Lipinski definition) is 2. The highest BCUT2D eigenvalue weighted by Gasteiger charge is 2.25. The standard InChI is InChI=1S/C13H16ClNO2/c14-11-3-1-2-4-12(11)15-10-7-5-9(6-8-10)13(16)17/h1-4,9-10,15H,5-8H2,(H,16,17). The molecule has 0 aliphatic heterocycles. The number of carboxylic acid groups (broad SMARTS) is 1. The molecule has 3 nitrogen and oxygen atoms in total. The van der Waals surface area contributed by atoms with Crippen molar-refractivity contribution in [2.75, 3.05) is 5.32 Å². The van der Waals surface area contributed by atoms with Gasteiger partial charge in [0.25, 0.3) is 0 Å². The molecule has 0 amide bonds. The maximum Gasteiger partial charge on any atom is 0.306 e. The molecule has 2 N–H and O–H groups in total. The van der Waals surface area contributed by atoms with Gasteiger partial charge in [-0.15, -0.1) is 0 Å². The Hall–Kier alpha value is -1.22. The molecular weight excluding hydrogens is 238 g/mol. The highest BCUT2D eigenvalue weighted by atomic mass is 35.5. The van der Waals surface area contributed by atoms with Crippen LogP contribution in [-0.2, 0) is 4.79 Å². The van der Waals surface area contributed by atoms with Gasteiger partial charge in [-0.2, -0.15) is 0 Å². The lowest BCUT2D eigenvalue weighted by atomic mass is 9.86. The third-order valence-electron chi connectivity index (χ3n) is 3.31. The Morgan fingerprint density at radius 2 is 1.88 bits per heavy atom. The number of carboxylic acids is 1. The predicted octanol–water partition coefficient (Wildman–Crippen LogP) is 3.40. The van der Waals surface area contributed by atoms with Gasteiger partial charge in [0.2, 0.25) is 0 Å². The number of aliphatic carboxylic acids is 1. The Labute approximate surface area is 106 Å². The van der Waals surface area contributed by atoms with Crippen molar-refractivity contribution in [3.05, 3.63) is 29.3 Å². The minimum absolute atomic E-state index is 0.167. The third kappa shape index (κ3) is 3.13. The summed E-state index contributed by atoms with van der Waals surface area (Å²) in [5, 5.41) is 13.0. The van der Waals surface area contributed by atoms with E-state index >= 15 is 0 Å². The summed E-state index contributed by atoms with van der Waals surface area (Å²) in [6, 6.07) is 7.98. The summed E-state index contributed by atoms with van der Waals surface area (Å²) < 4.78 is 0. The van der Waals surface area contributed by atoms with Crippen LogP contribution in [0.15, 0.2) is 24.3 Å². The van der Waals surface area contributed by atoms with E-state index in [1.807, 2.05) is 24.3 Å². The molecular formula is C13H16ClNO2. The van der Waals surface area contributed by atoms with Crippen LogP contribution < -0.4 is 5.32 Å². The van der Waals surface area contributed by atoms with Gasteiger partial charge in [0, 0.05) is 6.04 Å². The van der Waals surface area contributed by atoms with E-state index in [0.29, 0.717) is 11.1 Å². The maximum absolute atomic E-state index is 10.8. The highest BCUT2D eigenvalue weighted by Crippen LogP contribution is 2.29. The maximum atomic E-state index is 10.8. The lowest BCUT2D eigenvalue weighted by molar-refractivity contribution is -0.142. The first-order valence-corrected chi connectivity index (χ1v) is 6.28. The van der Waals surface area contributed by atoms with Crippen molar-refractivity contribution in [1.82, 2.24) is 0 Å². The Balaban J connectivity index is 1.90. The molecule has 17 heavy (non-hydrogen) atoms. The van der Waals surface area contributed by atoms with Crippen LogP contribution in [0.3, 0.4) is 0 Å². The van der Waals surface area contributed by atoms with Crippen molar-refractivity contribution < 1.29 is 9.90 Å². The van der Waals surface area contributed by atoms with Gasteiger partial charge in [-0.05, 0) is 37.8 Å². The molecule has 0 atom stereocenters. The second kappa shape index (κ2) is 5.41. The summed E-state index contributed by atoms with van der Waals surface area (Å²) in [7, 11) is 0. The topological polar surface area (TPSA) is 49.3 Å². The van der Waals surface area contributed by atoms with E-state index in [4.69, 9.17) is 16.7 Å². The molecule has 0 radical (unpaired) electrons. The molecule has 92 valence electrons. The van der Waals surface area contributed by atoms with Crippen LogP contribution in [0.1, 0.15) is 25.7 Å². The fourth-order valence-corrected chi connectivity index (χ4v) is 2.47. The minimum atomic E-state index is -0.666. The fraction of sp³-hybridized carbons (Fsp3) is 0.462. The summed E-state index contributed by atoms with van der Waals surface area (Å²) in [6.07, 6.45) is 3.28. The predicted molar refractivity (Wildman–Crippen MR) is 68.5 cm³/mol. The number of anilines is 1. The monoisotopic (exact) mass is 253 g/mol. The lowest BCUT2D eigenvalue weighted by Crippen LogP contribution is -2.29. The number of halogens is 1. The normalized spacial score (nSPS) is 24.3. The van der Waals surface area contributed by atoms with E-state index in [2.05, 4.69) is 5.32 Å². The molecule has 0 unspecified atom stereocenters. The fourth-order valence-electron chi connectivity index (χ4n) is 2.28. The van der Waals surface area contributed by atoms with Crippen molar-refractivity contribution in [3.63, 3.8) is 0 Å². The van der Waals surface area contributed by atoms with E-state index in [-0.39, 0.29) is 5.92 Å². The second-order valence-corrected chi connectivity index (χ2v) is 4.92. The van der Waals surface area contributed by atoms with E-state index in [9.17, 15) is 4.79 Å². The molecule has 0 spiro atoms. The first kappa shape index (κ1) is 12.2. The van der Waals surface area contributed by atoms with E-state index in [1.165, 1.54) is 0 Å². The molecule has 4 heteroatoms. The summed E-state index contributed by atoms with van der Waals surface area (Å²) in [4.78, 5) is 10.8. The van der Waals surface area contributed by atoms with E-state index in [0.717, 1.165) is 31.4 Å². The average molecular weight is 254 g/mol. The van der Waals surface area contributed by atoms with Gasteiger partial charge in [0.1, 0.15) is 0 Å². The highest BCUT2D eigenvalue weighted by molar-refractivity contribution is 6.33. The Bertz CT molecular complexity index is 400. The summed E-state index contributed by atoms with van der Waals surface area (Å²) in [6.45, 7) is 0. The third-order valence-corrected chi connectivity index (χ3v) is 3.64. The van der Waals surface area contributed by atoms with Crippen LogP contribution in [0.25, 0.3) is 0 Å². The molecule has 0 aromatic heterocycles. The molecule has 1 aromatic rings. The van der Waals surface area contributed by atoms with Gasteiger partial charge >= 0.3 is 5.97 Å². The number of nitrogens with one attached hydrogen (secondary N) is 1. The zero-order valence-electron chi connectivity index (χ0n) is 9.53. The smallest absolute Gasteiger partial charge is 0.306 e. The molecule has 1 saturated carbocycles. The summed E-state index contributed by atoms with van der Waals surface area (Å²) in [5.74, 6) is -0.833. The minimum Gasteiger partial charge on any atom is -0.481 e. The van der Waals surface area contributed by atoms with Crippen molar-refractivity contribution >= 4 is 23.3 Å². The molecule has 0 saturated heterocycles. The Morgan fingerprint density at radius 3 is 2.47 bits per heavy atom. The van der Waals surface area contributed by atoms with Crippen LogP contribution in [0.5, 0.6) is 0 Å². The average Bonchev–Trinajstić information content (AvgIpc) is 2.33. The van der Waals surface area contributed by atoms with Crippen LogP contribution >= 0.6 is 11.6 Å². The van der Waals surface area contributed by atoms with Gasteiger partial charge < -0.3 is 10.4 Å². The number of rotatable bonds is 3. The largest absolute Gasteiger partial charge is 0.481 e. The van der Waals surface area contributed by atoms with Crippen LogP contribution in [0, 0.1) is 5.92 Å². The van der Waals surface area contributed by atoms with Gasteiger partial charge in [0.05, 0.1) is 16.6 Å². The van der Waals surface area contributed by atoms with Crippen molar-refractivity contribution in [2.24, 2.45) is 5.92 Å². The number of carbonyl (C=O) groups is 1. The van der Waals surface area contributed by atoms with Crippen molar-refractivity contribution in [3.8, 4) is 0 Å². The van der Waals surface area contributed by atoms with Crippen molar-refractivity contribution in [1.29, 1.82) is 0 Å². The van der Waals surface area contributed by atoms with E-state index < -0.39 is 5.97 Å². The SMILES string of the molecule is O=C(O)C1CCC(Nc2ccccc2Cl)CC1. The molecule has 1 aliphatic carbocycles. The first-order valence-electron chi connectivity index (χ1n) is 5.90. The summed E-state index contributed by atoms with van der Waals surface area (Å²) in [5.41, 5.74) is 0.938. The van der Waals surface area contributed by atoms with Crippen molar-refractivity contribution in [2.45, 2.75) is 31.7 Å². The number of benzene rings is 1. The molecule has 0 bridgehead atoms. The second-order valence-electron chi connectivity index (χ2n) is 4.51. The zero-order chi connectivity index (χ0) is 12.3. The van der Waals surface area contributed by atoms with Gasteiger partial charge in [-0.3, -0.25) is 4.79 Å². The summed E-state index contributed by atoms with van der Waals surface area (Å²) >= 11 is 6.07. The zero-order valence-corrected chi connectivity index (χ0v) is 10.3. The molecule has 1 fully saturated rings. The lowest BCUT2D eigenvalue weighted by Gasteiger charge is -2.27. The first-order chi connectivity index (χ1) is 8.16. The molecule has 1 aromatic carbocycles. The van der Waals surface area contributed by atoms with Crippen LogP contribution in [-0.4, -0.2) is 17.1 Å². The number of hydrogen-bond acceptors (Lipinski definition) is 2. The van der Waals surface area contributed by atoms with Gasteiger partial charge in [0.15, 0.2) is 0 Å². The molecule has 0 heterocycles. The Kier molecular flexibility index (Phi) is 3.89. The number of para-hydroxylation sites is 1. The molecule has 2 rings (SSSR count). The van der Waals surface area contributed by atoms with Gasteiger partial charge in [-0.1, -0.05) is 23.7 Å². The van der Waals surface area contributed by atoms with Crippen LogP contribution in [0.2, 0.25) is 5.02 Å². The van der Waals surface area contributed by atoms with Crippen LogP contribution in [0.4, 0.5) is 5.69 Å². The molecule has 1 aliphatic rings.